The van der Waals surface area contributed by atoms with E-state index in [1.54, 1.807) is 0 Å². The summed E-state index contributed by atoms with van der Waals surface area (Å²) in [6.07, 6.45) is 9.88. The van der Waals surface area contributed by atoms with Crippen molar-refractivity contribution in [3.05, 3.63) is 71.6 Å². The molecule has 0 saturated heterocycles. The summed E-state index contributed by atoms with van der Waals surface area (Å²) in [7, 11) is 0. The Bertz CT molecular complexity index is 894. The van der Waals surface area contributed by atoms with Crippen molar-refractivity contribution < 1.29 is 0 Å². The van der Waals surface area contributed by atoms with Gasteiger partial charge in [0.25, 0.3) is 0 Å². The van der Waals surface area contributed by atoms with Crippen LogP contribution in [-0.2, 0) is 0 Å². The van der Waals surface area contributed by atoms with E-state index in [2.05, 4.69) is 75.4 Å². The highest BCUT2D eigenvalue weighted by molar-refractivity contribution is 5.57. The van der Waals surface area contributed by atoms with Gasteiger partial charge in [-0.15, -0.1) is 0 Å². The van der Waals surface area contributed by atoms with E-state index in [1.165, 1.54) is 17.7 Å². The minimum Gasteiger partial charge on any atom is -0.251 e. The predicted octanol–water partition coefficient (Wildman–Crippen LogP) is 5.60. The lowest BCUT2D eigenvalue weighted by Gasteiger charge is -2.59. The molecule has 0 spiro atoms. The number of pyridine rings is 2. The van der Waals surface area contributed by atoms with Crippen LogP contribution in [0, 0.1) is 11.3 Å². The van der Waals surface area contributed by atoms with Gasteiger partial charge in [0, 0.05) is 17.5 Å². The molecule has 2 bridgehead atoms. The van der Waals surface area contributed by atoms with Gasteiger partial charge in [0.1, 0.15) is 0 Å². The van der Waals surface area contributed by atoms with Gasteiger partial charge in [-0.05, 0) is 47.4 Å². The van der Waals surface area contributed by atoms with Crippen molar-refractivity contribution in [1.29, 1.82) is 0 Å². The summed E-state index contributed by atoms with van der Waals surface area (Å²) < 4.78 is 0. The van der Waals surface area contributed by atoms with Gasteiger partial charge >= 0.3 is 0 Å². The van der Waals surface area contributed by atoms with Crippen LogP contribution < -0.4 is 0 Å². The zero-order valence-electron chi connectivity index (χ0n) is 15.1. The van der Waals surface area contributed by atoms with Crippen LogP contribution in [0.2, 0.25) is 0 Å². The number of allylic oxidation sites excluding steroid dienone is 4. The zero-order valence-corrected chi connectivity index (χ0v) is 15.1. The first-order valence-corrected chi connectivity index (χ1v) is 9.39. The fourth-order valence-corrected chi connectivity index (χ4v) is 5.22. The van der Waals surface area contributed by atoms with Crippen molar-refractivity contribution in [1.82, 2.24) is 9.97 Å². The summed E-state index contributed by atoms with van der Waals surface area (Å²) in [4.78, 5) is 9.97. The topological polar surface area (TPSA) is 25.8 Å². The van der Waals surface area contributed by atoms with E-state index in [0.29, 0.717) is 23.2 Å². The molecule has 0 aromatic carbocycles. The largest absolute Gasteiger partial charge is 0.251 e. The van der Waals surface area contributed by atoms with Gasteiger partial charge in [0.15, 0.2) is 0 Å². The second-order valence-corrected chi connectivity index (χ2v) is 8.42. The maximum atomic E-state index is 5.08. The van der Waals surface area contributed by atoms with Crippen LogP contribution in [-0.4, -0.2) is 9.97 Å². The first-order chi connectivity index (χ1) is 12.1. The van der Waals surface area contributed by atoms with Crippen LogP contribution >= 0.6 is 0 Å². The van der Waals surface area contributed by atoms with Crippen LogP contribution in [0.1, 0.15) is 61.9 Å². The highest BCUT2D eigenvalue weighted by Crippen LogP contribution is 2.66. The van der Waals surface area contributed by atoms with Crippen molar-refractivity contribution in [2.45, 2.75) is 44.9 Å². The third-order valence-corrected chi connectivity index (χ3v) is 6.83. The highest BCUT2D eigenvalue weighted by Gasteiger charge is 2.56. The van der Waals surface area contributed by atoms with Crippen LogP contribution in [0.4, 0.5) is 0 Å². The number of nitrogens with zero attached hydrogens (tertiary/aromatic N) is 2. The number of hydrogen-bond acceptors (Lipinski definition) is 2. The molecule has 126 valence electrons. The average Bonchev–Trinajstić information content (AvgIpc) is 3.16. The van der Waals surface area contributed by atoms with Gasteiger partial charge < -0.3 is 0 Å². The Morgan fingerprint density at radius 2 is 1.72 bits per heavy atom. The van der Waals surface area contributed by atoms with Gasteiger partial charge in [0.05, 0.1) is 17.1 Å². The molecule has 2 nitrogen and oxygen atoms in total. The van der Waals surface area contributed by atoms with Crippen molar-refractivity contribution in [3.8, 4) is 11.4 Å². The number of rotatable bonds is 2. The Balaban J connectivity index is 1.55. The Labute approximate surface area is 149 Å². The van der Waals surface area contributed by atoms with E-state index in [9.17, 15) is 0 Å². The predicted molar refractivity (Wildman–Crippen MR) is 102 cm³/mol. The molecule has 0 unspecified atom stereocenters. The minimum absolute atomic E-state index is 0.296. The molecule has 1 fully saturated rings. The van der Waals surface area contributed by atoms with E-state index in [4.69, 9.17) is 9.97 Å². The second-order valence-electron chi connectivity index (χ2n) is 8.42. The monoisotopic (exact) mass is 328 g/mol. The van der Waals surface area contributed by atoms with Crippen molar-refractivity contribution >= 4 is 0 Å². The third kappa shape index (κ3) is 2.09. The summed E-state index contributed by atoms with van der Waals surface area (Å²) >= 11 is 0. The van der Waals surface area contributed by atoms with E-state index >= 15 is 0 Å². The molecule has 4 aliphatic rings. The molecule has 4 aliphatic carbocycles. The molecule has 6 rings (SSSR count). The molecule has 0 amide bonds. The van der Waals surface area contributed by atoms with E-state index in [1.807, 2.05) is 0 Å². The quantitative estimate of drug-likeness (QED) is 0.717. The van der Waals surface area contributed by atoms with E-state index in [-0.39, 0.29) is 0 Å². The first kappa shape index (κ1) is 15.1. The standard InChI is InChI=1S/C23H24N2/c1-14-17-13-18(23(17,2)3)16-11-12-21(25-22(14)16)20-10-6-9-19(24-20)15-7-4-5-8-15/h4-12,14-15,17-18H,13H2,1-3H3/t14-,17+,18-/m0/s1. The summed E-state index contributed by atoms with van der Waals surface area (Å²) in [5.41, 5.74) is 6.30. The van der Waals surface area contributed by atoms with Crippen molar-refractivity contribution in [3.63, 3.8) is 0 Å². The molecule has 25 heavy (non-hydrogen) atoms. The van der Waals surface area contributed by atoms with Crippen LogP contribution in [0.3, 0.4) is 0 Å². The van der Waals surface area contributed by atoms with Crippen LogP contribution in [0.25, 0.3) is 11.4 Å². The maximum absolute atomic E-state index is 5.08. The maximum Gasteiger partial charge on any atom is 0.0889 e. The SMILES string of the molecule is C[C@@H]1c2nc(-c3cccc(C4C=CC=C4)n3)ccc2[C@@H]2C[C@H]1C2(C)C. The Hall–Kier alpha value is -2.22. The van der Waals surface area contributed by atoms with Crippen molar-refractivity contribution in [2.24, 2.45) is 11.3 Å². The highest BCUT2D eigenvalue weighted by atomic mass is 14.8. The Morgan fingerprint density at radius 1 is 0.960 bits per heavy atom. The molecule has 2 heterocycles. The summed E-state index contributed by atoms with van der Waals surface area (Å²) in [6.45, 7) is 7.20. The molecule has 2 heteroatoms. The van der Waals surface area contributed by atoms with Crippen LogP contribution in [0.15, 0.2) is 54.6 Å². The minimum atomic E-state index is 0.296. The Morgan fingerprint density at radius 3 is 2.48 bits per heavy atom. The molecular weight excluding hydrogens is 304 g/mol. The average molecular weight is 328 g/mol. The molecule has 3 atom stereocenters. The summed E-state index contributed by atoms with van der Waals surface area (Å²) in [5.74, 6) is 2.28. The lowest BCUT2D eigenvalue weighted by Crippen LogP contribution is -2.50. The Kier molecular flexibility index (Phi) is 3.10. The molecule has 2 aromatic heterocycles. The number of aromatic nitrogens is 2. The van der Waals surface area contributed by atoms with Gasteiger partial charge in [-0.25, -0.2) is 0 Å². The lowest BCUT2D eigenvalue weighted by molar-refractivity contribution is -0.00271. The zero-order chi connectivity index (χ0) is 17.2. The van der Waals surface area contributed by atoms with Crippen LogP contribution in [0.5, 0.6) is 0 Å². The molecule has 0 radical (unpaired) electrons. The van der Waals surface area contributed by atoms with Gasteiger partial charge in [-0.3, -0.25) is 9.97 Å². The molecular formula is C23H24N2. The first-order valence-electron chi connectivity index (χ1n) is 9.39. The molecule has 2 aromatic rings. The molecule has 0 N–H and O–H groups in total. The summed E-state index contributed by atoms with van der Waals surface area (Å²) in [6, 6.07) is 10.8. The smallest absolute Gasteiger partial charge is 0.0889 e. The lowest BCUT2D eigenvalue weighted by atomic mass is 9.45. The third-order valence-electron chi connectivity index (χ3n) is 6.83. The van der Waals surface area contributed by atoms with Gasteiger partial charge in [-0.1, -0.05) is 57.2 Å². The van der Waals surface area contributed by atoms with Crippen molar-refractivity contribution in [2.75, 3.05) is 0 Å². The molecule has 0 aliphatic heterocycles. The second kappa shape index (κ2) is 5.14. The normalized spacial score (nSPS) is 28.7. The van der Waals surface area contributed by atoms with E-state index < -0.39 is 0 Å². The van der Waals surface area contributed by atoms with Gasteiger partial charge in [-0.2, -0.15) is 0 Å². The van der Waals surface area contributed by atoms with Gasteiger partial charge in [0.2, 0.25) is 0 Å². The molecule has 1 saturated carbocycles. The fraction of sp³-hybridized carbons (Fsp3) is 0.391. The number of hydrogen-bond donors (Lipinski definition) is 0. The summed E-state index contributed by atoms with van der Waals surface area (Å²) in [5, 5.41) is 0. The fourth-order valence-electron chi connectivity index (χ4n) is 5.22. The van der Waals surface area contributed by atoms with E-state index in [0.717, 1.165) is 23.0 Å².